The molecule has 1 aromatic carbocycles. The molecule has 0 saturated heterocycles. The monoisotopic (exact) mass is 207 g/mol. The number of hydroxylamine groups is 1. The zero-order valence-corrected chi connectivity index (χ0v) is 8.37. The van der Waals surface area contributed by atoms with Crippen molar-refractivity contribution < 1.29 is 10.0 Å². The molecule has 0 aliphatic carbocycles. The second-order valence-electron chi connectivity index (χ2n) is 2.97. The van der Waals surface area contributed by atoms with Gasteiger partial charge >= 0.3 is 0 Å². The summed E-state index contributed by atoms with van der Waals surface area (Å²) in [6.07, 6.45) is 0.426. The standard InChI is InChI=1S/C10H13N3O2/c1-2-9(14)12-8-5-3-7(4-6-8)10(11)13-15/h3-6,15H,2H2,1H3,(H2,11,13)(H,12,14). The lowest BCUT2D eigenvalue weighted by Gasteiger charge is -2.05. The highest BCUT2D eigenvalue weighted by Gasteiger charge is 2.01. The van der Waals surface area contributed by atoms with Crippen LogP contribution in [0.2, 0.25) is 0 Å². The molecule has 1 aromatic rings. The molecule has 0 atom stereocenters. The zero-order chi connectivity index (χ0) is 11.3. The smallest absolute Gasteiger partial charge is 0.224 e. The number of amidine groups is 1. The Bertz CT molecular complexity index is 359. The first kappa shape index (κ1) is 11.2. The van der Waals surface area contributed by atoms with Gasteiger partial charge in [0.05, 0.1) is 0 Å². The third kappa shape index (κ3) is 3.07. The summed E-state index contributed by atoms with van der Waals surface area (Å²) in [5, 5.41) is 18.5. The molecule has 0 radical (unpaired) electrons. The minimum atomic E-state index is -0.0802. The number of amides is 1. The molecule has 80 valence electrons. The van der Waals surface area contributed by atoms with Gasteiger partial charge in [-0.15, -0.1) is 0 Å². The van der Waals surface area contributed by atoms with E-state index in [1.165, 1.54) is 0 Å². The van der Waals surface area contributed by atoms with E-state index < -0.39 is 0 Å². The third-order valence-electron chi connectivity index (χ3n) is 1.89. The maximum absolute atomic E-state index is 11.1. The molecule has 0 spiro atoms. The predicted molar refractivity (Wildman–Crippen MR) is 57.1 cm³/mol. The average Bonchev–Trinajstić information content (AvgIpc) is 2.29. The first-order valence-corrected chi connectivity index (χ1v) is 4.56. The van der Waals surface area contributed by atoms with Gasteiger partial charge in [-0.25, -0.2) is 0 Å². The van der Waals surface area contributed by atoms with Crippen molar-refractivity contribution in [3.8, 4) is 0 Å². The van der Waals surface area contributed by atoms with Gasteiger partial charge in [0.2, 0.25) is 5.91 Å². The number of anilines is 1. The Balaban J connectivity index is 2.72. The second kappa shape index (κ2) is 5.11. The lowest BCUT2D eigenvalue weighted by Crippen LogP contribution is -2.18. The number of carbonyl (C=O) groups excluding carboxylic acids is 1. The van der Waals surface area contributed by atoms with Crippen molar-refractivity contribution in [2.45, 2.75) is 13.3 Å². The molecule has 0 aromatic heterocycles. The fraction of sp³-hybridized carbons (Fsp3) is 0.200. The third-order valence-corrected chi connectivity index (χ3v) is 1.89. The zero-order valence-electron chi connectivity index (χ0n) is 8.37. The van der Waals surface area contributed by atoms with Gasteiger partial charge in [0, 0.05) is 17.7 Å². The van der Waals surface area contributed by atoms with Crippen LogP contribution in [0.1, 0.15) is 18.9 Å². The van der Waals surface area contributed by atoms with Crippen LogP contribution in [0, 0.1) is 5.41 Å². The Hall–Kier alpha value is -1.88. The van der Waals surface area contributed by atoms with Crippen molar-refractivity contribution in [3.63, 3.8) is 0 Å². The van der Waals surface area contributed by atoms with Crippen LogP contribution in [0.15, 0.2) is 24.3 Å². The minimum Gasteiger partial charge on any atom is -0.326 e. The molecule has 0 fully saturated rings. The first-order valence-electron chi connectivity index (χ1n) is 4.56. The molecule has 0 unspecified atom stereocenters. The Labute approximate surface area is 87.6 Å². The fourth-order valence-corrected chi connectivity index (χ4v) is 1.03. The van der Waals surface area contributed by atoms with Crippen molar-refractivity contribution in [1.29, 1.82) is 5.41 Å². The number of rotatable bonds is 3. The molecule has 5 heteroatoms. The largest absolute Gasteiger partial charge is 0.326 e. The topological polar surface area (TPSA) is 85.2 Å². The van der Waals surface area contributed by atoms with Gasteiger partial charge in [0.1, 0.15) is 5.84 Å². The van der Waals surface area contributed by atoms with Crippen LogP contribution in [-0.2, 0) is 4.79 Å². The number of carbonyl (C=O) groups is 1. The molecule has 1 amide bonds. The lowest BCUT2D eigenvalue weighted by molar-refractivity contribution is -0.115. The van der Waals surface area contributed by atoms with Crippen molar-refractivity contribution in [2.75, 3.05) is 5.32 Å². The van der Waals surface area contributed by atoms with Crippen LogP contribution < -0.4 is 10.8 Å². The summed E-state index contributed by atoms with van der Waals surface area (Å²) in [4.78, 5) is 11.1. The number of hydrogen-bond donors (Lipinski definition) is 4. The Morgan fingerprint density at radius 1 is 1.40 bits per heavy atom. The van der Waals surface area contributed by atoms with Crippen molar-refractivity contribution >= 4 is 17.4 Å². The van der Waals surface area contributed by atoms with Gasteiger partial charge in [-0.3, -0.25) is 20.9 Å². The lowest BCUT2D eigenvalue weighted by atomic mass is 10.2. The van der Waals surface area contributed by atoms with Gasteiger partial charge in [-0.05, 0) is 24.3 Å². The van der Waals surface area contributed by atoms with E-state index in [2.05, 4.69) is 5.32 Å². The summed E-state index contributed by atoms with van der Waals surface area (Å²) in [7, 11) is 0. The van der Waals surface area contributed by atoms with E-state index in [-0.39, 0.29) is 11.7 Å². The molecule has 4 N–H and O–H groups in total. The Morgan fingerprint density at radius 3 is 2.47 bits per heavy atom. The molecule has 0 saturated carbocycles. The quantitative estimate of drug-likeness (QED) is 0.343. The van der Waals surface area contributed by atoms with Crippen LogP contribution in [0.3, 0.4) is 0 Å². The van der Waals surface area contributed by atoms with Gasteiger partial charge in [-0.2, -0.15) is 0 Å². The van der Waals surface area contributed by atoms with Gasteiger partial charge in [-0.1, -0.05) is 6.92 Å². The molecule has 15 heavy (non-hydrogen) atoms. The highest BCUT2D eigenvalue weighted by atomic mass is 16.5. The molecule has 5 nitrogen and oxygen atoms in total. The van der Waals surface area contributed by atoms with Gasteiger partial charge in [0.15, 0.2) is 0 Å². The SMILES string of the molecule is CCC(=O)Nc1ccc(C(=N)NO)cc1. The molecular weight excluding hydrogens is 194 g/mol. The highest BCUT2D eigenvalue weighted by Crippen LogP contribution is 2.09. The molecule has 0 heterocycles. The van der Waals surface area contributed by atoms with Crippen molar-refractivity contribution in [3.05, 3.63) is 29.8 Å². The van der Waals surface area contributed by atoms with Crippen LogP contribution in [0.25, 0.3) is 0 Å². The van der Waals surface area contributed by atoms with Gasteiger partial charge < -0.3 is 5.32 Å². The number of nitrogens with one attached hydrogen (secondary N) is 3. The van der Waals surface area contributed by atoms with E-state index in [0.29, 0.717) is 17.7 Å². The second-order valence-corrected chi connectivity index (χ2v) is 2.97. The van der Waals surface area contributed by atoms with E-state index in [0.717, 1.165) is 0 Å². The molecule has 0 aliphatic heterocycles. The number of hydrogen-bond acceptors (Lipinski definition) is 3. The molecular formula is C10H13N3O2. The van der Waals surface area contributed by atoms with E-state index in [4.69, 9.17) is 10.6 Å². The number of benzene rings is 1. The normalized spacial score (nSPS) is 9.47. The summed E-state index contributed by atoms with van der Waals surface area (Å²) in [6, 6.07) is 6.62. The summed E-state index contributed by atoms with van der Waals surface area (Å²) in [5.41, 5.74) is 2.97. The average molecular weight is 207 g/mol. The molecule has 1 rings (SSSR count). The van der Waals surface area contributed by atoms with Crippen molar-refractivity contribution in [2.24, 2.45) is 0 Å². The highest BCUT2D eigenvalue weighted by molar-refractivity contribution is 5.96. The summed E-state index contributed by atoms with van der Waals surface area (Å²) >= 11 is 0. The first-order chi connectivity index (χ1) is 7.17. The minimum absolute atomic E-state index is 0.0573. The molecule has 0 bridgehead atoms. The van der Waals surface area contributed by atoms with Crippen LogP contribution in [-0.4, -0.2) is 17.0 Å². The fourth-order valence-electron chi connectivity index (χ4n) is 1.03. The summed E-state index contributed by atoms with van der Waals surface area (Å²) in [5.74, 6) is -0.138. The van der Waals surface area contributed by atoms with E-state index in [9.17, 15) is 4.79 Å². The van der Waals surface area contributed by atoms with E-state index in [1.54, 1.807) is 36.7 Å². The Kier molecular flexibility index (Phi) is 3.82. The van der Waals surface area contributed by atoms with E-state index in [1.807, 2.05) is 0 Å². The van der Waals surface area contributed by atoms with Crippen LogP contribution in [0.4, 0.5) is 5.69 Å². The van der Waals surface area contributed by atoms with Crippen molar-refractivity contribution in [1.82, 2.24) is 5.48 Å². The summed E-state index contributed by atoms with van der Waals surface area (Å²) < 4.78 is 0. The summed E-state index contributed by atoms with van der Waals surface area (Å²) in [6.45, 7) is 1.77. The van der Waals surface area contributed by atoms with E-state index >= 15 is 0 Å². The Morgan fingerprint density at radius 2 is 2.00 bits per heavy atom. The van der Waals surface area contributed by atoms with Crippen LogP contribution in [0.5, 0.6) is 0 Å². The maximum Gasteiger partial charge on any atom is 0.224 e. The molecule has 0 aliphatic rings. The van der Waals surface area contributed by atoms with Gasteiger partial charge in [0.25, 0.3) is 0 Å². The maximum atomic E-state index is 11.1. The predicted octanol–water partition coefficient (Wildman–Crippen LogP) is 1.34. The van der Waals surface area contributed by atoms with Crippen LogP contribution >= 0.6 is 0 Å².